The van der Waals surface area contributed by atoms with Gasteiger partial charge in [-0.2, -0.15) is 0 Å². The molecule has 2 heterocycles. The van der Waals surface area contributed by atoms with Crippen LogP contribution in [0.25, 0.3) is 0 Å². The topological polar surface area (TPSA) is 256 Å². The molecule has 2 saturated heterocycles. The molecular weight excluding hydrogens is 680 g/mol. The Labute approximate surface area is 305 Å². The smallest absolute Gasteiger partial charge is 0.251 e. The maximum atomic E-state index is 12.4. The molecule has 0 aromatic rings. The van der Waals surface area contributed by atoms with Crippen molar-refractivity contribution < 1.29 is 48.6 Å². The first kappa shape index (κ1) is 46.0. The van der Waals surface area contributed by atoms with Crippen molar-refractivity contribution >= 4 is 47.0 Å². The third-order valence-electron chi connectivity index (χ3n) is 8.26. The summed E-state index contributed by atoms with van der Waals surface area (Å²) in [6.07, 6.45) is -0.643. The van der Waals surface area contributed by atoms with E-state index < -0.39 is 48.2 Å². The monoisotopic (exact) mass is 740 g/mol. The molecule has 2 fully saturated rings. The van der Waals surface area contributed by atoms with Crippen LogP contribution in [0.15, 0.2) is 0 Å². The van der Waals surface area contributed by atoms with Crippen molar-refractivity contribution in [3.05, 3.63) is 0 Å². The zero-order chi connectivity index (χ0) is 39.7. The molecule has 6 amide bonds. The second-order valence-corrected chi connectivity index (χ2v) is 13.9. The fourth-order valence-corrected chi connectivity index (χ4v) is 5.69. The Bertz CT molecular complexity index is 1170. The Morgan fingerprint density at radius 2 is 0.962 bits per heavy atom. The standard InChI is InChI=1S/2C17H30N4O5/c2*1-5-6-12(20-16(25)13-7-11(22)9-21(13)4)15(24)17(26)18-8-14(23)19-10(2)3/h2*10,12-13,15,24H,5-9H2,1-4H3,(H,18,26)(H,19,23)(H,20,25)/t2*12?,13-,15?/m00/s1. The molecule has 2 rings (SSSR count). The molecule has 0 aliphatic carbocycles. The number of hydrogen-bond donors (Lipinski definition) is 8. The van der Waals surface area contributed by atoms with Crippen LogP contribution in [0.2, 0.25) is 0 Å². The molecule has 6 atom stereocenters. The summed E-state index contributed by atoms with van der Waals surface area (Å²) in [5, 5.41) is 35.9. The average Bonchev–Trinajstić information content (AvgIpc) is 3.59. The minimum Gasteiger partial charge on any atom is -0.381 e. The third kappa shape index (κ3) is 16.1. The van der Waals surface area contributed by atoms with Crippen molar-refractivity contribution in [3.8, 4) is 0 Å². The maximum absolute atomic E-state index is 12.4. The van der Waals surface area contributed by atoms with Gasteiger partial charge in [-0.05, 0) is 54.6 Å². The van der Waals surface area contributed by atoms with E-state index in [1.807, 2.05) is 13.8 Å². The van der Waals surface area contributed by atoms with Crippen molar-refractivity contribution in [1.29, 1.82) is 0 Å². The zero-order valence-corrected chi connectivity index (χ0v) is 31.7. The number of likely N-dealkylation sites (tertiary alicyclic amines) is 2. The average molecular weight is 741 g/mol. The number of carbonyl (C=O) groups is 8. The van der Waals surface area contributed by atoms with Gasteiger partial charge in [-0.15, -0.1) is 0 Å². The number of likely N-dealkylation sites (N-methyl/N-ethyl adjacent to an activating group) is 2. The van der Waals surface area contributed by atoms with Crippen molar-refractivity contribution in [1.82, 2.24) is 41.7 Å². The van der Waals surface area contributed by atoms with E-state index in [0.717, 1.165) is 0 Å². The fraction of sp³-hybridized carbons (Fsp3) is 0.765. The first-order chi connectivity index (χ1) is 24.3. The lowest BCUT2D eigenvalue weighted by molar-refractivity contribution is -0.135. The SMILES string of the molecule is CCCC(NC(=O)[C@@H]1CC(=O)CN1C)C(O)C(=O)NCC(=O)NC(C)C.CCCC(NC(=O)[C@@H]1CC(=O)CN1C)C(O)C(=O)NCC(=O)NC(C)C. The van der Waals surface area contributed by atoms with E-state index in [1.54, 1.807) is 51.6 Å². The lowest BCUT2D eigenvalue weighted by Gasteiger charge is -2.26. The van der Waals surface area contributed by atoms with Crippen LogP contribution in [0.4, 0.5) is 0 Å². The third-order valence-corrected chi connectivity index (χ3v) is 8.26. The summed E-state index contributed by atoms with van der Waals surface area (Å²) in [5.41, 5.74) is 0. The maximum Gasteiger partial charge on any atom is 0.251 e. The van der Waals surface area contributed by atoms with Crippen LogP contribution in [0, 0.1) is 0 Å². The van der Waals surface area contributed by atoms with Gasteiger partial charge >= 0.3 is 0 Å². The van der Waals surface area contributed by atoms with E-state index in [9.17, 15) is 48.6 Å². The van der Waals surface area contributed by atoms with Gasteiger partial charge < -0.3 is 42.1 Å². The van der Waals surface area contributed by atoms with Gasteiger partial charge in [0.1, 0.15) is 11.6 Å². The van der Waals surface area contributed by atoms with E-state index in [0.29, 0.717) is 25.7 Å². The van der Waals surface area contributed by atoms with E-state index in [4.69, 9.17) is 0 Å². The predicted octanol–water partition coefficient (Wildman–Crippen LogP) is -2.91. The van der Waals surface area contributed by atoms with E-state index in [-0.39, 0.29) is 86.3 Å². The van der Waals surface area contributed by atoms with E-state index in [1.165, 1.54) is 0 Å². The highest BCUT2D eigenvalue weighted by molar-refractivity contribution is 5.95. The van der Waals surface area contributed by atoms with E-state index in [2.05, 4.69) is 31.9 Å². The first-order valence-electron chi connectivity index (χ1n) is 17.9. The van der Waals surface area contributed by atoms with Crippen molar-refractivity contribution in [2.24, 2.45) is 0 Å². The molecule has 296 valence electrons. The number of nitrogens with one attached hydrogen (secondary N) is 6. The minimum absolute atomic E-state index is 0.0193. The number of rotatable bonds is 18. The number of carbonyl (C=O) groups excluding carboxylic acids is 8. The van der Waals surface area contributed by atoms with Crippen LogP contribution >= 0.6 is 0 Å². The van der Waals surface area contributed by atoms with Crippen LogP contribution in [0.5, 0.6) is 0 Å². The molecule has 0 radical (unpaired) electrons. The lowest BCUT2D eigenvalue weighted by Crippen LogP contribution is -2.54. The molecule has 52 heavy (non-hydrogen) atoms. The number of amides is 6. The highest BCUT2D eigenvalue weighted by Gasteiger charge is 2.37. The van der Waals surface area contributed by atoms with Crippen LogP contribution in [0.3, 0.4) is 0 Å². The summed E-state index contributed by atoms with van der Waals surface area (Å²) < 4.78 is 0. The van der Waals surface area contributed by atoms with Gasteiger partial charge in [0.2, 0.25) is 23.6 Å². The van der Waals surface area contributed by atoms with Crippen LogP contribution in [-0.4, -0.2) is 156 Å². The van der Waals surface area contributed by atoms with Crippen LogP contribution in [0.1, 0.15) is 80.1 Å². The normalized spacial score (nSPS) is 19.9. The molecule has 0 aromatic carbocycles. The van der Waals surface area contributed by atoms with Gasteiger partial charge in [0.25, 0.3) is 11.8 Å². The Morgan fingerprint density at radius 3 is 1.21 bits per heavy atom. The molecule has 0 saturated carbocycles. The Balaban J connectivity index is 0.000000520. The number of ketones is 2. The molecular formula is C34H60N8O10. The van der Waals surface area contributed by atoms with Gasteiger partial charge in [0.15, 0.2) is 12.2 Å². The second kappa shape index (κ2) is 22.8. The molecule has 2 aliphatic heterocycles. The van der Waals surface area contributed by atoms with Gasteiger partial charge in [0.05, 0.1) is 50.3 Å². The molecule has 4 unspecified atom stereocenters. The Morgan fingerprint density at radius 1 is 0.635 bits per heavy atom. The number of Topliss-reactive ketones (excluding diaryl/α,β-unsaturated/α-hetero) is 2. The molecule has 2 aliphatic rings. The summed E-state index contributed by atoms with van der Waals surface area (Å²) >= 11 is 0. The number of nitrogens with zero attached hydrogens (tertiary/aromatic N) is 2. The number of hydrogen-bond acceptors (Lipinski definition) is 12. The zero-order valence-electron chi connectivity index (χ0n) is 31.7. The minimum atomic E-state index is -1.48. The van der Waals surface area contributed by atoms with Crippen molar-refractivity contribution in [2.75, 3.05) is 40.3 Å². The first-order valence-corrected chi connectivity index (χ1v) is 17.9. The van der Waals surface area contributed by atoms with Crippen LogP contribution in [-0.2, 0) is 38.4 Å². The Kier molecular flexibility index (Phi) is 20.2. The van der Waals surface area contributed by atoms with Crippen LogP contribution < -0.4 is 31.9 Å². The molecule has 0 bridgehead atoms. The second-order valence-electron chi connectivity index (χ2n) is 13.9. The van der Waals surface area contributed by atoms with Gasteiger partial charge in [-0.3, -0.25) is 48.2 Å². The highest BCUT2D eigenvalue weighted by atomic mass is 16.3. The summed E-state index contributed by atoms with van der Waals surface area (Å²) in [4.78, 5) is 98.4. The number of aliphatic hydroxyl groups excluding tert-OH is 2. The Hall–Kier alpha value is -4.00. The molecule has 0 spiro atoms. The molecule has 8 N–H and O–H groups in total. The quantitative estimate of drug-likeness (QED) is 0.0704. The predicted molar refractivity (Wildman–Crippen MR) is 190 cm³/mol. The summed E-state index contributed by atoms with van der Waals surface area (Å²) in [6.45, 7) is 10.9. The van der Waals surface area contributed by atoms with Gasteiger partial charge in [-0.25, -0.2) is 0 Å². The fourth-order valence-electron chi connectivity index (χ4n) is 5.69. The molecule has 18 nitrogen and oxygen atoms in total. The summed E-state index contributed by atoms with van der Waals surface area (Å²) in [7, 11) is 3.36. The highest BCUT2D eigenvalue weighted by Crippen LogP contribution is 2.15. The lowest BCUT2D eigenvalue weighted by atomic mass is 10.0. The summed E-state index contributed by atoms with van der Waals surface area (Å²) in [5.74, 6) is -2.98. The molecule has 0 aromatic heterocycles. The van der Waals surface area contributed by atoms with Crippen molar-refractivity contribution in [3.63, 3.8) is 0 Å². The van der Waals surface area contributed by atoms with Gasteiger partial charge in [0, 0.05) is 24.9 Å². The largest absolute Gasteiger partial charge is 0.381 e. The number of aliphatic hydroxyl groups is 2. The molecule has 18 heteroatoms. The van der Waals surface area contributed by atoms with E-state index >= 15 is 0 Å². The summed E-state index contributed by atoms with van der Waals surface area (Å²) in [6, 6.07) is -2.86. The van der Waals surface area contributed by atoms with Gasteiger partial charge in [-0.1, -0.05) is 26.7 Å². The van der Waals surface area contributed by atoms with Crippen molar-refractivity contribution in [2.45, 2.75) is 129 Å².